The molecule has 3 heteroatoms. The average molecular weight is 207 g/mol. The minimum absolute atomic E-state index is 0.592. The predicted molar refractivity (Wildman–Crippen MR) is 61.7 cm³/mol. The molecule has 2 N–H and O–H groups in total. The van der Waals surface area contributed by atoms with Gasteiger partial charge >= 0.3 is 0 Å². The summed E-state index contributed by atoms with van der Waals surface area (Å²) in [5.41, 5.74) is 6.58. The van der Waals surface area contributed by atoms with Gasteiger partial charge in [-0.2, -0.15) is 0 Å². The van der Waals surface area contributed by atoms with Crippen LogP contribution in [0.4, 0.5) is 0 Å². The zero-order chi connectivity index (χ0) is 10.5. The SMILES string of the molecule is CN(C(N)=NCC1(C2CC2)CC1)C1CC1. The van der Waals surface area contributed by atoms with Gasteiger partial charge in [0.15, 0.2) is 5.96 Å². The molecule has 0 bridgehead atoms. The molecular formula is C12H21N3. The molecule has 3 aliphatic carbocycles. The average Bonchev–Trinajstić information content (AvgIpc) is 3.10. The lowest BCUT2D eigenvalue weighted by molar-refractivity contribution is 0.440. The fourth-order valence-electron chi connectivity index (χ4n) is 2.55. The first-order valence-electron chi connectivity index (χ1n) is 6.24. The van der Waals surface area contributed by atoms with Gasteiger partial charge in [-0.25, -0.2) is 0 Å². The Hall–Kier alpha value is -0.730. The first-order chi connectivity index (χ1) is 7.21. The van der Waals surface area contributed by atoms with Crippen molar-refractivity contribution in [1.29, 1.82) is 0 Å². The van der Waals surface area contributed by atoms with Crippen molar-refractivity contribution in [3.8, 4) is 0 Å². The van der Waals surface area contributed by atoms with Crippen LogP contribution < -0.4 is 5.73 Å². The fraction of sp³-hybridized carbons (Fsp3) is 0.917. The summed E-state index contributed by atoms with van der Waals surface area (Å²) in [6.45, 7) is 0.987. The molecule has 0 amide bonds. The van der Waals surface area contributed by atoms with Gasteiger partial charge in [0.25, 0.3) is 0 Å². The highest BCUT2D eigenvalue weighted by molar-refractivity contribution is 5.78. The number of nitrogens with zero attached hydrogens (tertiary/aromatic N) is 2. The molecule has 0 radical (unpaired) electrons. The van der Waals surface area contributed by atoms with Crippen molar-refractivity contribution in [3.05, 3.63) is 0 Å². The fourth-order valence-corrected chi connectivity index (χ4v) is 2.55. The van der Waals surface area contributed by atoms with E-state index in [0.29, 0.717) is 11.5 Å². The third-order valence-corrected chi connectivity index (χ3v) is 4.35. The van der Waals surface area contributed by atoms with Crippen molar-refractivity contribution >= 4 is 5.96 Å². The summed E-state index contributed by atoms with van der Waals surface area (Å²) in [7, 11) is 2.08. The van der Waals surface area contributed by atoms with Crippen LogP contribution in [0.25, 0.3) is 0 Å². The van der Waals surface area contributed by atoms with Gasteiger partial charge in [0.2, 0.25) is 0 Å². The summed E-state index contributed by atoms with van der Waals surface area (Å²) in [6, 6.07) is 0.685. The van der Waals surface area contributed by atoms with Gasteiger partial charge in [0, 0.05) is 19.6 Å². The van der Waals surface area contributed by atoms with Gasteiger partial charge < -0.3 is 10.6 Å². The lowest BCUT2D eigenvalue weighted by atomic mass is 10.0. The second-order valence-corrected chi connectivity index (χ2v) is 5.65. The van der Waals surface area contributed by atoms with Gasteiger partial charge in [-0.15, -0.1) is 0 Å². The minimum Gasteiger partial charge on any atom is -0.370 e. The van der Waals surface area contributed by atoms with E-state index in [1.807, 2.05) is 0 Å². The minimum atomic E-state index is 0.592. The van der Waals surface area contributed by atoms with Crippen LogP contribution in [0.3, 0.4) is 0 Å². The first-order valence-corrected chi connectivity index (χ1v) is 6.24. The highest BCUT2D eigenvalue weighted by Gasteiger charge is 2.53. The van der Waals surface area contributed by atoms with E-state index in [9.17, 15) is 0 Å². The Labute approximate surface area is 91.7 Å². The molecule has 3 fully saturated rings. The van der Waals surface area contributed by atoms with E-state index in [2.05, 4.69) is 16.9 Å². The molecule has 0 saturated heterocycles. The van der Waals surface area contributed by atoms with Crippen molar-refractivity contribution < 1.29 is 0 Å². The molecule has 0 aliphatic heterocycles. The molecule has 3 nitrogen and oxygen atoms in total. The predicted octanol–water partition coefficient (Wildman–Crippen LogP) is 1.59. The summed E-state index contributed by atoms with van der Waals surface area (Å²) in [4.78, 5) is 6.76. The Kier molecular flexibility index (Phi) is 1.98. The number of rotatable bonds is 4. The number of hydrogen-bond donors (Lipinski definition) is 1. The molecule has 0 atom stereocenters. The van der Waals surface area contributed by atoms with Crippen LogP contribution in [0.15, 0.2) is 4.99 Å². The zero-order valence-corrected chi connectivity index (χ0v) is 9.58. The molecule has 15 heavy (non-hydrogen) atoms. The summed E-state index contributed by atoms with van der Waals surface area (Å²) in [6.07, 6.45) is 8.24. The highest BCUT2D eigenvalue weighted by Crippen LogP contribution is 2.61. The second kappa shape index (κ2) is 3.13. The smallest absolute Gasteiger partial charge is 0.191 e. The van der Waals surface area contributed by atoms with Crippen LogP contribution in [0.5, 0.6) is 0 Å². The molecule has 3 aliphatic rings. The van der Waals surface area contributed by atoms with E-state index in [1.165, 1.54) is 38.5 Å². The van der Waals surface area contributed by atoms with Crippen LogP contribution in [0.1, 0.15) is 38.5 Å². The number of guanidine groups is 1. The van der Waals surface area contributed by atoms with Gasteiger partial charge in [0.1, 0.15) is 0 Å². The Balaban J connectivity index is 1.56. The van der Waals surface area contributed by atoms with Crippen LogP contribution in [-0.4, -0.2) is 30.5 Å². The van der Waals surface area contributed by atoms with Crippen LogP contribution in [0, 0.1) is 11.3 Å². The van der Waals surface area contributed by atoms with E-state index in [4.69, 9.17) is 5.73 Å². The monoisotopic (exact) mass is 207 g/mol. The van der Waals surface area contributed by atoms with Crippen LogP contribution >= 0.6 is 0 Å². The van der Waals surface area contributed by atoms with E-state index in [-0.39, 0.29) is 0 Å². The van der Waals surface area contributed by atoms with Crippen molar-refractivity contribution in [2.24, 2.45) is 22.1 Å². The lowest BCUT2D eigenvalue weighted by Gasteiger charge is -2.18. The molecule has 0 aromatic carbocycles. The highest BCUT2D eigenvalue weighted by atomic mass is 15.3. The first kappa shape index (κ1) is 9.49. The molecule has 3 rings (SSSR count). The molecule has 0 aromatic heterocycles. The van der Waals surface area contributed by atoms with Gasteiger partial charge in [-0.1, -0.05) is 0 Å². The van der Waals surface area contributed by atoms with Crippen molar-refractivity contribution in [2.45, 2.75) is 44.6 Å². The second-order valence-electron chi connectivity index (χ2n) is 5.65. The van der Waals surface area contributed by atoms with Crippen molar-refractivity contribution in [2.75, 3.05) is 13.6 Å². The summed E-state index contributed by atoms with van der Waals surface area (Å²) in [5.74, 6) is 1.75. The van der Waals surface area contributed by atoms with Gasteiger partial charge in [0.05, 0.1) is 0 Å². The normalized spacial score (nSPS) is 29.0. The molecule has 84 valence electrons. The van der Waals surface area contributed by atoms with Crippen LogP contribution in [0.2, 0.25) is 0 Å². The van der Waals surface area contributed by atoms with E-state index in [1.54, 1.807) is 0 Å². The Bertz CT molecular complexity index is 285. The summed E-state index contributed by atoms with van der Waals surface area (Å²) >= 11 is 0. The lowest BCUT2D eigenvalue weighted by Crippen LogP contribution is -2.36. The maximum atomic E-state index is 5.99. The van der Waals surface area contributed by atoms with Crippen LogP contribution in [-0.2, 0) is 0 Å². The Morgan fingerprint density at radius 1 is 1.33 bits per heavy atom. The Morgan fingerprint density at radius 3 is 2.47 bits per heavy atom. The van der Waals surface area contributed by atoms with Crippen molar-refractivity contribution in [1.82, 2.24) is 4.90 Å². The third kappa shape index (κ3) is 1.84. The zero-order valence-electron chi connectivity index (χ0n) is 9.58. The maximum absolute atomic E-state index is 5.99. The summed E-state index contributed by atoms with van der Waals surface area (Å²) < 4.78 is 0. The molecular weight excluding hydrogens is 186 g/mol. The van der Waals surface area contributed by atoms with Gasteiger partial charge in [-0.05, 0) is 49.9 Å². The topological polar surface area (TPSA) is 41.6 Å². The molecule has 0 unspecified atom stereocenters. The Morgan fingerprint density at radius 2 is 2.00 bits per heavy atom. The van der Waals surface area contributed by atoms with E-state index >= 15 is 0 Å². The molecule has 3 saturated carbocycles. The number of nitrogens with two attached hydrogens (primary N) is 1. The van der Waals surface area contributed by atoms with Gasteiger partial charge in [-0.3, -0.25) is 4.99 Å². The molecule has 0 aromatic rings. The van der Waals surface area contributed by atoms with E-state index in [0.717, 1.165) is 18.4 Å². The standard InChI is InChI=1S/C12H21N3/c1-15(10-4-5-10)11(13)14-8-12(6-7-12)9-2-3-9/h9-10H,2-8H2,1H3,(H2,13,14). The third-order valence-electron chi connectivity index (χ3n) is 4.35. The summed E-state index contributed by atoms with van der Waals surface area (Å²) in [5, 5.41) is 0. The molecule has 0 heterocycles. The van der Waals surface area contributed by atoms with E-state index < -0.39 is 0 Å². The number of hydrogen-bond acceptors (Lipinski definition) is 1. The largest absolute Gasteiger partial charge is 0.370 e. The number of aliphatic imine (C=N–C) groups is 1. The maximum Gasteiger partial charge on any atom is 0.191 e. The van der Waals surface area contributed by atoms with Crippen molar-refractivity contribution in [3.63, 3.8) is 0 Å². The quantitative estimate of drug-likeness (QED) is 0.562. The molecule has 0 spiro atoms.